The smallest absolute Gasteiger partial charge is 0.132 e. The number of benzene rings is 1. The standard InChI is InChI=1S/C11H13F2NO/c1-14-6-5-11(15,7-14)10-8(12)3-2-4-9(10)13/h2-4,15H,5-7H2,1H3. The summed E-state index contributed by atoms with van der Waals surface area (Å²) in [6.07, 6.45) is 0.362. The summed E-state index contributed by atoms with van der Waals surface area (Å²) in [6, 6.07) is 3.65. The van der Waals surface area contributed by atoms with Gasteiger partial charge in [-0.1, -0.05) is 6.07 Å². The first-order valence-electron chi connectivity index (χ1n) is 4.88. The molecule has 1 N–H and O–H groups in total. The van der Waals surface area contributed by atoms with E-state index in [0.29, 0.717) is 13.0 Å². The van der Waals surface area contributed by atoms with Crippen molar-refractivity contribution in [3.63, 3.8) is 0 Å². The third-order valence-electron chi connectivity index (χ3n) is 2.87. The molecule has 0 spiro atoms. The quantitative estimate of drug-likeness (QED) is 0.764. The van der Waals surface area contributed by atoms with E-state index in [1.807, 2.05) is 11.9 Å². The summed E-state index contributed by atoms with van der Waals surface area (Å²) in [5.74, 6) is -1.35. The van der Waals surface area contributed by atoms with Crippen LogP contribution < -0.4 is 0 Å². The van der Waals surface area contributed by atoms with Gasteiger partial charge in [-0.05, 0) is 25.6 Å². The summed E-state index contributed by atoms with van der Waals surface area (Å²) in [5.41, 5.74) is -1.58. The van der Waals surface area contributed by atoms with Gasteiger partial charge in [-0.15, -0.1) is 0 Å². The van der Waals surface area contributed by atoms with Crippen molar-refractivity contribution < 1.29 is 13.9 Å². The van der Waals surface area contributed by atoms with Gasteiger partial charge < -0.3 is 10.0 Å². The van der Waals surface area contributed by atoms with Crippen LogP contribution in [0.2, 0.25) is 0 Å². The first-order chi connectivity index (χ1) is 7.03. The Morgan fingerprint density at radius 2 is 1.93 bits per heavy atom. The monoisotopic (exact) mass is 213 g/mol. The van der Waals surface area contributed by atoms with Gasteiger partial charge in [0.15, 0.2) is 0 Å². The fraction of sp³-hybridized carbons (Fsp3) is 0.455. The zero-order chi connectivity index (χ0) is 11.1. The van der Waals surface area contributed by atoms with Crippen LogP contribution in [-0.4, -0.2) is 30.1 Å². The summed E-state index contributed by atoms with van der Waals surface area (Å²) < 4.78 is 26.9. The van der Waals surface area contributed by atoms with Crippen molar-refractivity contribution in [3.05, 3.63) is 35.4 Å². The van der Waals surface area contributed by atoms with E-state index in [9.17, 15) is 13.9 Å². The van der Waals surface area contributed by atoms with Crippen molar-refractivity contribution in [1.29, 1.82) is 0 Å². The second-order valence-corrected chi connectivity index (χ2v) is 4.12. The van der Waals surface area contributed by atoms with Gasteiger partial charge in [0, 0.05) is 13.1 Å². The maximum atomic E-state index is 13.5. The number of hydrogen-bond acceptors (Lipinski definition) is 2. The zero-order valence-electron chi connectivity index (χ0n) is 8.50. The van der Waals surface area contributed by atoms with E-state index in [2.05, 4.69) is 0 Å². The highest BCUT2D eigenvalue weighted by molar-refractivity contribution is 5.27. The van der Waals surface area contributed by atoms with Gasteiger partial charge in [0.2, 0.25) is 0 Å². The topological polar surface area (TPSA) is 23.5 Å². The van der Waals surface area contributed by atoms with E-state index >= 15 is 0 Å². The Labute approximate surface area is 87.1 Å². The van der Waals surface area contributed by atoms with E-state index in [4.69, 9.17) is 0 Å². The molecule has 1 unspecified atom stereocenters. The van der Waals surface area contributed by atoms with E-state index in [1.54, 1.807) is 0 Å². The summed E-state index contributed by atoms with van der Waals surface area (Å²) in [6.45, 7) is 0.912. The molecule has 1 fully saturated rings. The molecule has 0 amide bonds. The van der Waals surface area contributed by atoms with Crippen LogP contribution in [0.25, 0.3) is 0 Å². The lowest BCUT2D eigenvalue weighted by Gasteiger charge is -2.23. The fourth-order valence-electron chi connectivity index (χ4n) is 2.13. The second kappa shape index (κ2) is 3.54. The van der Waals surface area contributed by atoms with Gasteiger partial charge in [-0.3, -0.25) is 0 Å². The Morgan fingerprint density at radius 1 is 1.33 bits per heavy atom. The Balaban J connectivity index is 2.45. The highest BCUT2D eigenvalue weighted by Crippen LogP contribution is 2.34. The molecule has 4 heteroatoms. The molecule has 2 nitrogen and oxygen atoms in total. The lowest BCUT2D eigenvalue weighted by molar-refractivity contribution is 0.0413. The number of likely N-dealkylation sites (tertiary alicyclic amines) is 1. The highest BCUT2D eigenvalue weighted by atomic mass is 19.1. The number of rotatable bonds is 1. The van der Waals surface area contributed by atoms with Crippen LogP contribution in [0.5, 0.6) is 0 Å². The van der Waals surface area contributed by atoms with Crippen LogP contribution in [0.3, 0.4) is 0 Å². The average Bonchev–Trinajstić information content (AvgIpc) is 2.46. The van der Waals surface area contributed by atoms with Crippen molar-refractivity contribution in [1.82, 2.24) is 4.90 Å². The first kappa shape index (κ1) is 10.5. The summed E-state index contributed by atoms with van der Waals surface area (Å²) in [7, 11) is 1.82. The van der Waals surface area contributed by atoms with Crippen LogP contribution in [0.4, 0.5) is 8.78 Å². The molecule has 0 aliphatic carbocycles. The van der Waals surface area contributed by atoms with E-state index in [-0.39, 0.29) is 12.1 Å². The Hall–Kier alpha value is -1.00. The molecular formula is C11H13F2NO. The predicted octanol–water partition coefficient (Wildman–Crippen LogP) is 1.49. The van der Waals surface area contributed by atoms with Gasteiger partial charge in [-0.2, -0.15) is 0 Å². The molecule has 1 atom stereocenters. The molecule has 15 heavy (non-hydrogen) atoms. The van der Waals surface area contributed by atoms with Crippen LogP contribution in [-0.2, 0) is 5.60 Å². The first-order valence-corrected chi connectivity index (χ1v) is 4.88. The molecule has 1 aromatic rings. The number of β-amino-alcohol motifs (C(OH)–C–C–N with tert-alkyl or cyclic N) is 1. The molecule has 1 saturated heterocycles. The summed E-state index contributed by atoms with van der Waals surface area (Å²) in [5, 5.41) is 10.2. The van der Waals surface area contributed by atoms with E-state index < -0.39 is 17.2 Å². The molecule has 1 heterocycles. The molecular weight excluding hydrogens is 200 g/mol. The number of likely N-dealkylation sites (N-methyl/N-ethyl adjacent to an activating group) is 1. The fourth-order valence-corrected chi connectivity index (χ4v) is 2.13. The number of nitrogens with zero attached hydrogens (tertiary/aromatic N) is 1. The van der Waals surface area contributed by atoms with Gasteiger partial charge in [0.25, 0.3) is 0 Å². The minimum Gasteiger partial charge on any atom is -0.384 e. The Bertz CT molecular complexity index is 363. The summed E-state index contributed by atoms with van der Waals surface area (Å²) in [4.78, 5) is 1.85. The van der Waals surface area contributed by atoms with Crippen LogP contribution >= 0.6 is 0 Å². The molecule has 82 valence electrons. The van der Waals surface area contributed by atoms with Crippen LogP contribution in [0.15, 0.2) is 18.2 Å². The van der Waals surface area contributed by atoms with Gasteiger partial charge in [-0.25, -0.2) is 8.78 Å². The third-order valence-corrected chi connectivity index (χ3v) is 2.87. The van der Waals surface area contributed by atoms with Crippen molar-refractivity contribution in [3.8, 4) is 0 Å². The third kappa shape index (κ3) is 1.75. The molecule has 2 rings (SSSR count). The summed E-state index contributed by atoms with van der Waals surface area (Å²) >= 11 is 0. The lowest BCUT2D eigenvalue weighted by Crippen LogP contribution is -2.31. The Kier molecular flexibility index (Phi) is 2.48. The van der Waals surface area contributed by atoms with Gasteiger partial charge in [0.05, 0.1) is 5.56 Å². The minimum absolute atomic E-state index is 0.200. The Morgan fingerprint density at radius 3 is 2.40 bits per heavy atom. The molecule has 0 radical (unpaired) electrons. The van der Waals surface area contributed by atoms with Gasteiger partial charge >= 0.3 is 0 Å². The number of halogens is 2. The molecule has 1 aliphatic heterocycles. The molecule has 0 saturated carbocycles. The van der Waals surface area contributed by atoms with Crippen molar-refractivity contribution in [2.45, 2.75) is 12.0 Å². The van der Waals surface area contributed by atoms with Crippen molar-refractivity contribution in [2.24, 2.45) is 0 Å². The van der Waals surface area contributed by atoms with E-state index in [0.717, 1.165) is 0 Å². The van der Waals surface area contributed by atoms with Crippen molar-refractivity contribution >= 4 is 0 Å². The minimum atomic E-state index is -1.38. The molecule has 0 bridgehead atoms. The van der Waals surface area contributed by atoms with Crippen LogP contribution in [0, 0.1) is 11.6 Å². The predicted molar refractivity (Wildman–Crippen MR) is 52.4 cm³/mol. The van der Waals surface area contributed by atoms with Crippen molar-refractivity contribution in [2.75, 3.05) is 20.1 Å². The second-order valence-electron chi connectivity index (χ2n) is 4.12. The maximum absolute atomic E-state index is 13.5. The zero-order valence-corrected chi connectivity index (χ0v) is 8.50. The molecule has 0 aromatic heterocycles. The number of hydrogen-bond donors (Lipinski definition) is 1. The lowest BCUT2D eigenvalue weighted by atomic mass is 9.92. The largest absolute Gasteiger partial charge is 0.384 e. The SMILES string of the molecule is CN1CCC(O)(c2c(F)cccc2F)C1. The highest BCUT2D eigenvalue weighted by Gasteiger charge is 2.40. The normalized spacial score (nSPS) is 27.2. The molecule has 1 aromatic carbocycles. The molecule has 1 aliphatic rings. The number of aliphatic hydroxyl groups is 1. The van der Waals surface area contributed by atoms with Crippen LogP contribution in [0.1, 0.15) is 12.0 Å². The van der Waals surface area contributed by atoms with E-state index in [1.165, 1.54) is 18.2 Å². The maximum Gasteiger partial charge on any atom is 0.132 e. The average molecular weight is 213 g/mol. The van der Waals surface area contributed by atoms with Gasteiger partial charge in [0.1, 0.15) is 17.2 Å².